The summed E-state index contributed by atoms with van der Waals surface area (Å²) in [6.45, 7) is 6.83. The Morgan fingerprint density at radius 3 is 2.53 bits per heavy atom. The zero-order valence-electron chi connectivity index (χ0n) is 18.6. The predicted molar refractivity (Wildman–Crippen MR) is 121 cm³/mol. The molecule has 8 heteroatoms. The van der Waals surface area contributed by atoms with E-state index in [2.05, 4.69) is 10.3 Å². The van der Waals surface area contributed by atoms with Crippen molar-refractivity contribution in [3.63, 3.8) is 0 Å². The van der Waals surface area contributed by atoms with Gasteiger partial charge in [0.1, 0.15) is 12.4 Å². The van der Waals surface area contributed by atoms with E-state index in [9.17, 15) is 14.0 Å². The van der Waals surface area contributed by atoms with E-state index >= 15 is 0 Å². The molecule has 0 fully saturated rings. The smallest absolute Gasteiger partial charge is 0.261 e. The molecule has 2 aromatic carbocycles. The van der Waals surface area contributed by atoms with Gasteiger partial charge in [0.2, 0.25) is 5.91 Å². The first-order chi connectivity index (χ1) is 15.4. The third-order valence-corrected chi connectivity index (χ3v) is 4.87. The van der Waals surface area contributed by atoms with E-state index in [4.69, 9.17) is 9.47 Å². The molecule has 7 nitrogen and oxygen atoms in total. The second-order valence-electron chi connectivity index (χ2n) is 7.53. The molecule has 0 aliphatic carbocycles. The van der Waals surface area contributed by atoms with Gasteiger partial charge < -0.3 is 14.8 Å². The Morgan fingerprint density at radius 1 is 1.09 bits per heavy atom. The Labute approximate surface area is 186 Å². The lowest BCUT2D eigenvalue weighted by atomic mass is 10.1. The standard InChI is InChI=1S/C24H28FN3O4/c1-4-10-31-21-9-6-17(12-22(21)32-11-5-2)16(3)27-23(29)14-28-15-26-20-8-7-18(25)13-19(20)24(28)30/h6-9,12-13,15-16H,4-5,10-11,14H2,1-3H3,(H,27,29). The molecule has 1 heterocycles. The lowest BCUT2D eigenvalue weighted by molar-refractivity contribution is -0.122. The van der Waals surface area contributed by atoms with Crippen molar-refractivity contribution in [1.29, 1.82) is 0 Å². The molecular formula is C24H28FN3O4. The van der Waals surface area contributed by atoms with Crippen LogP contribution in [0.15, 0.2) is 47.5 Å². The molecule has 0 saturated carbocycles. The molecule has 0 radical (unpaired) electrons. The van der Waals surface area contributed by atoms with Gasteiger partial charge >= 0.3 is 0 Å². The van der Waals surface area contributed by atoms with Crippen LogP contribution in [0.5, 0.6) is 11.5 Å². The SMILES string of the molecule is CCCOc1ccc(C(C)NC(=O)Cn2cnc3ccc(F)cc3c2=O)cc1OCCC. The fourth-order valence-corrected chi connectivity index (χ4v) is 3.22. The minimum Gasteiger partial charge on any atom is -0.490 e. The Hall–Kier alpha value is -3.42. The largest absolute Gasteiger partial charge is 0.490 e. The number of ether oxygens (including phenoxy) is 2. The number of nitrogens with zero attached hydrogens (tertiary/aromatic N) is 2. The highest BCUT2D eigenvalue weighted by Crippen LogP contribution is 2.31. The van der Waals surface area contributed by atoms with E-state index in [0.717, 1.165) is 24.5 Å². The number of rotatable bonds is 10. The monoisotopic (exact) mass is 441 g/mol. The van der Waals surface area contributed by atoms with E-state index in [-0.39, 0.29) is 23.9 Å². The summed E-state index contributed by atoms with van der Waals surface area (Å²) in [5, 5.41) is 3.01. The lowest BCUT2D eigenvalue weighted by Gasteiger charge is -2.18. The average Bonchev–Trinajstić information content (AvgIpc) is 2.78. The molecule has 0 aliphatic rings. The summed E-state index contributed by atoms with van der Waals surface area (Å²) in [4.78, 5) is 29.3. The number of fused-ring (bicyclic) bond motifs is 1. The summed E-state index contributed by atoms with van der Waals surface area (Å²) >= 11 is 0. The highest BCUT2D eigenvalue weighted by Gasteiger charge is 2.15. The Balaban J connectivity index is 1.73. The zero-order chi connectivity index (χ0) is 23.1. The summed E-state index contributed by atoms with van der Waals surface area (Å²) in [6.07, 6.45) is 3.04. The van der Waals surface area contributed by atoms with Crippen molar-refractivity contribution in [1.82, 2.24) is 14.9 Å². The van der Waals surface area contributed by atoms with Crippen LogP contribution in [0.25, 0.3) is 10.9 Å². The number of hydrogen-bond acceptors (Lipinski definition) is 5. The van der Waals surface area contributed by atoms with E-state index in [1.807, 2.05) is 39.0 Å². The van der Waals surface area contributed by atoms with Gasteiger partial charge in [0, 0.05) is 0 Å². The summed E-state index contributed by atoms with van der Waals surface area (Å²) in [6, 6.07) is 9.05. The summed E-state index contributed by atoms with van der Waals surface area (Å²) in [5.74, 6) is 0.415. The maximum Gasteiger partial charge on any atom is 0.261 e. The van der Waals surface area contributed by atoms with Crippen LogP contribution in [0, 0.1) is 5.82 Å². The third-order valence-electron chi connectivity index (χ3n) is 4.87. The van der Waals surface area contributed by atoms with Crippen molar-refractivity contribution >= 4 is 16.8 Å². The number of carbonyl (C=O) groups is 1. The van der Waals surface area contributed by atoms with E-state index < -0.39 is 11.4 Å². The van der Waals surface area contributed by atoms with Gasteiger partial charge in [-0.3, -0.25) is 14.2 Å². The number of amides is 1. The second kappa shape index (κ2) is 10.7. The molecule has 1 aromatic heterocycles. The molecule has 0 bridgehead atoms. The first kappa shape index (κ1) is 23.2. The molecule has 32 heavy (non-hydrogen) atoms. The van der Waals surface area contributed by atoms with Crippen LogP contribution in [0.2, 0.25) is 0 Å². The van der Waals surface area contributed by atoms with Gasteiger partial charge in [0.15, 0.2) is 11.5 Å². The van der Waals surface area contributed by atoms with E-state index in [1.54, 1.807) is 0 Å². The molecule has 1 amide bonds. The van der Waals surface area contributed by atoms with Gasteiger partial charge in [0.25, 0.3) is 5.56 Å². The molecule has 3 aromatic rings. The van der Waals surface area contributed by atoms with Crippen molar-refractivity contribution in [3.05, 3.63) is 64.5 Å². The van der Waals surface area contributed by atoms with Crippen LogP contribution in [-0.4, -0.2) is 28.7 Å². The van der Waals surface area contributed by atoms with Crippen molar-refractivity contribution in [2.45, 2.75) is 46.2 Å². The Kier molecular flexibility index (Phi) is 7.81. The highest BCUT2D eigenvalue weighted by molar-refractivity contribution is 5.79. The van der Waals surface area contributed by atoms with Crippen molar-refractivity contribution in [2.24, 2.45) is 0 Å². The first-order valence-electron chi connectivity index (χ1n) is 10.8. The summed E-state index contributed by atoms with van der Waals surface area (Å²) in [7, 11) is 0. The highest BCUT2D eigenvalue weighted by atomic mass is 19.1. The van der Waals surface area contributed by atoms with Crippen LogP contribution in [0.4, 0.5) is 4.39 Å². The second-order valence-corrected chi connectivity index (χ2v) is 7.53. The number of nitrogens with one attached hydrogen (secondary N) is 1. The van der Waals surface area contributed by atoms with Crippen LogP contribution < -0.4 is 20.3 Å². The first-order valence-corrected chi connectivity index (χ1v) is 10.8. The molecule has 1 N–H and O–H groups in total. The van der Waals surface area contributed by atoms with Gasteiger partial charge in [0.05, 0.1) is 36.5 Å². The molecule has 0 spiro atoms. The van der Waals surface area contributed by atoms with Crippen molar-refractivity contribution < 1.29 is 18.7 Å². The van der Waals surface area contributed by atoms with Crippen molar-refractivity contribution in [3.8, 4) is 11.5 Å². The number of carbonyl (C=O) groups excluding carboxylic acids is 1. The van der Waals surface area contributed by atoms with Gasteiger partial charge in [-0.2, -0.15) is 0 Å². The number of hydrogen-bond donors (Lipinski definition) is 1. The third kappa shape index (κ3) is 5.63. The van der Waals surface area contributed by atoms with Crippen LogP contribution in [0.1, 0.15) is 45.2 Å². The Bertz CT molecular complexity index is 1150. The quantitative estimate of drug-likeness (QED) is 0.514. The van der Waals surface area contributed by atoms with Gasteiger partial charge in [-0.1, -0.05) is 19.9 Å². The van der Waals surface area contributed by atoms with E-state index in [0.29, 0.717) is 30.2 Å². The fraction of sp³-hybridized carbons (Fsp3) is 0.375. The van der Waals surface area contributed by atoms with Crippen LogP contribution >= 0.6 is 0 Å². The molecule has 1 atom stereocenters. The van der Waals surface area contributed by atoms with Crippen LogP contribution in [-0.2, 0) is 11.3 Å². The van der Waals surface area contributed by atoms with Gasteiger partial charge in [-0.05, 0) is 55.7 Å². The predicted octanol–water partition coefficient (Wildman–Crippen LogP) is 3.99. The summed E-state index contributed by atoms with van der Waals surface area (Å²) in [5.41, 5.74) is 0.760. The lowest BCUT2D eigenvalue weighted by Crippen LogP contribution is -2.34. The normalized spacial score (nSPS) is 11.9. The molecule has 0 saturated heterocycles. The molecule has 1 unspecified atom stereocenters. The minimum absolute atomic E-state index is 0.133. The minimum atomic E-state index is -0.528. The molecule has 170 valence electrons. The zero-order valence-corrected chi connectivity index (χ0v) is 18.6. The number of benzene rings is 2. The maximum absolute atomic E-state index is 13.5. The molecule has 0 aliphatic heterocycles. The topological polar surface area (TPSA) is 82.5 Å². The maximum atomic E-state index is 13.5. The fourth-order valence-electron chi connectivity index (χ4n) is 3.22. The van der Waals surface area contributed by atoms with Gasteiger partial charge in [-0.15, -0.1) is 0 Å². The Morgan fingerprint density at radius 2 is 1.81 bits per heavy atom. The molecule has 3 rings (SSSR count). The van der Waals surface area contributed by atoms with E-state index in [1.165, 1.54) is 23.0 Å². The van der Waals surface area contributed by atoms with Crippen LogP contribution in [0.3, 0.4) is 0 Å². The average molecular weight is 442 g/mol. The summed E-state index contributed by atoms with van der Waals surface area (Å²) < 4.78 is 26.2. The molecular weight excluding hydrogens is 413 g/mol. The van der Waals surface area contributed by atoms with Crippen molar-refractivity contribution in [2.75, 3.05) is 13.2 Å². The number of halogens is 1. The number of aromatic nitrogens is 2. The van der Waals surface area contributed by atoms with Gasteiger partial charge in [-0.25, -0.2) is 9.37 Å².